The summed E-state index contributed by atoms with van der Waals surface area (Å²) in [5.74, 6) is -0.181. The van der Waals surface area contributed by atoms with Gasteiger partial charge in [0.25, 0.3) is 11.5 Å². The van der Waals surface area contributed by atoms with Crippen LogP contribution in [0.1, 0.15) is 6.42 Å². The van der Waals surface area contributed by atoms with Crippen molar-refractivity contribution >= 4 is 17.5 Å². The Hall–Kier alpha value is -3.19. The second-order valence-corrected chi connectivity index (χ2v) is 6.62. The van der Waals surface area contributed by atoms with Crippen molar-refractivity contribution in [3.05, 3.63) is 81.9 Å². The van der Waals surface area contributed by atoms with E-state index in [0.29, 0.717) is 41.5 Å². The van der Waals surface area contributed by atoms with E-state index in [1.54, 1.807) is 42.5 Å². The van der Waals surface area contributed by atoms with Gasteiger partial charge in [0.05, 0.1) is 10.7 Å². The van der Waals surface area contributed by atoms with Gasteiger partial charge in [-0.15, -0.1) is 0 Å². The van der Waals surface area contributed by atoms with E-state index in [1.807, 2.05) is 0 Å². The Morgan fingerprint density at radius 1 is 1.10 bits per heavy atom. The molecule has 1 aromatic heterocycles. The predicted octanol–water partition coefficient (Wildman–Crippen LogP) is 3.29. The number of benzene rings is 2. The number of hydrogen-bond acceptors (Lipinski definition) is 4. The summed E-state index contributed by atoms with van der Waals surface area (Å²) in [6.07, 6.45) is 0.512. The Bertz CT molecular complexity index is 1040. The van der Waals surface area contributed by atoms with Gasteiger partial charge in [-0.25, -0.2) is 9.07 Å². The van der Waals surface area contributed by atoms with Crippen molar-refractivity contribution in [2.24, 2.45) is 0 Å². The van der Waals surface area contributed by atoms with Gasteiger partial charge in [-0.1, -0.05) is 23.7 Å². The van der Waals surface area contributed by atoms with Crippen molar-refractivity contribution < 1.29 is 13.9 Å². The standard InChI is InChI=1S/C21H19ClFN3O3/c22-17-4-1-2-5-19(17)29-14-20(27)24-12-3-13-26-21(28)11-10-18(25-26)15-6-8-16(23)9-7-15/h1-2,4-11H,3,12-14H2,(H,24,27). The average Bonchev–Trinajstić information content (AvgIpc) is 2.72. The molecule has 0 aliphatic heterocycles. The topological polar surface area (TPSA) is 73.2 Å². The van der Waals surface area contributed by atoms with Gasteiger partial charge in [0.1, 0.15) is 11.6 Å². The highest BCUT2D eigenvalue weighted by atomic mass is 35.5. The smallest absolute Gasteiger partial charge is 0.266 e. The molecule has 1 amide bonds. The number of carbonyl (C=O) groups excluding carboxylic acids is 1. The fraction of sp³-hybridized carbons (Fsp3) is 0.190. The van der Waals surface area contributed by atoms with Crippen molar-refractivity contribution in [3.8, 4) is 17.0 Å². The molecule has 0 spiro atoms. The van der Waals surface area contributed by atoms with Gasteiger partial charge in [0.15, 0.2) is 6.61 Å². The lowest BCUT2D eigenvalue weighted by atomic mass is 10.1. The first-order valence-corrected chi connectivity index (χ1v) is 9.39. The van der Waals surface area contributed by atoms with E-state index < -0.39 is 0 Å². The molecule has 0 radical (unpaired) electrons. The lowest BCUT2D eigenvalue weighted by Gasteiger charge is -2.10. The third-order valence-corrected chi connectivity index (χ3v) is 4.38. The Morgan fingerprint density at radius 2 is 1.86 bits per heavy atom. The number of rotatable bonds is 8. The molecule has 0 saturated heterocycles. The van der Waals surface area contributed by atoms with Crippen molar-refractivity contribution in [3.63, 3.8) is 0 Å². The highest BCUT2D eigenvalue weighted by molar-refractivity contribution is 6.32. The van der Waals surface area contributed by atoms with Crippen molar-refractivity contribution in [2.45, 2.75) is 13.0 Å². The summed E-state index contributed by atoms with van der Waals surface area (Å²) in [5.41, 5.74) is 1.04. The number of aryl methyl sites for hydroxylation is 1. The Labute approximate surface area is 171 Å². The van der Waals surface area contributed by atoms with Crippen LogP contribution in [-0.4, -0.2) is 28.8 Å². The van der Waals surface area contributed by atoms with Gasteiger partial charge >= 0.3 is 0 Å². The molecule has 3 rings (SSSR count). The SMILES string of the molecule is O=C(COc1ccccc1Cl)NCCCn1nc(-c2ccc(F)cc2)ccc1=O. The van der Waals surface area contributed by atoms with Gasteiger partial charge in [0.2, 0.25) is 0 Å². The fourth-order valence-electron chi connectivity index (χ4n) is 2.60. The number of nitrogens with zero attached hydrogens (tertiary/aromatic N) is 2. The number of aromatic nitrogens is 2. The molecular weight excluding hydrogens is 397 g/mol. The minimum absolute atomic E-state index is 0.151. The molecule has 8 heteroatoms. The molecular formula is C21H19ClFN3O3. The third-order valence-electron chi connectivity index (χ3n) is 4.07. The van der Waals surface area contributed by atoms with Crippen LogP contribution in [0, 0.1) is 5.82 Å². The normalized spacial score (nSPS) is 10.6. The zero-order valence-corrected chi connectivity index (χ0v) is 16.2. The Balaban J connectivity index is 1.48. The van der Waals surface area contributed by atoms with Gasteiger partial charge < -0.3 is 10.1 Å². The van der Waals surface area contributed by atoms with E-state index >= 15 is 0 Å². The number of para-hydroxylation sites is 1. The number of carbonyl (C=O) groups is 1. The molecule has 150 valence electrons. The number of hydrogen-bond donors (Lipinski definition) is 1. The van der Waals surface area contributed by atoms with Crippen LogP contribution in [0.25, 0.3) is 11.3 Å². The minimum atomic E-state index is -0.337. The van der Waals surface area contributed by atoms with Crippen LogP contribution < -0.4 is 15.6 Å². The molecule has 29 heavy (non-hydrogen) atoms. The highest BCUT2D eigenvalue weighted by Gasteiger charge is 2.06. The summed E-state index contributed by atoms with van der Waals surface area (Å²) in [6, 6.07) is 15.8. The summed E-state index contributed by atoms with van der Waals surface area (Å²) in [7, 11) is 0. The second kappa shape index (κ2) is 9.84. The molecule has 0 saturated carbocycles. The molecule has 2 aromatic carbocycles. The molecule has 1 N–H and O–H groups in total. The van der Waals surface area contributed by atoms with Crippen LogP contribution in [0.2, 0.25) is 5.02 Å². The molecule has 0 atom stereocenters. The molecule has 3 aromatic rings. The van der Waals surface area contributed by atoms with Crippen molar-refractivity contribution in [1.29, 1.82) is 0 Å². The zero-order chi connectivity index (χ0) is 20.6. The maximum atomic E-state index is 13.1. The van der Waals surface area contributed by atoms with Crippen LogP contribution in [0.4, 0.5) is 4.39 Å². The number of amides is 1. The van der Waals surface area contributed by atoms with Crippen LogP contribution in [0.5, 0.6) is 5.75 Å². The van der Waals surface area contributed by atoms with Crippen molar-refractivity contribution in [1.82, 2.24) is 15.1 Å². The first-order chi connectivity index (χ1) is 14.0. The van der Waals surface area contributed by atoms with E-state index in [-0.39, 0.29) is 23.9 Å². The average molecular weight is 416 g/mol. The maximum absolute atomic E-state index is 13.1. The van der Waals surface area contributed by atoms with E-state index in [4.69, 9.17) is 16.3 Å². The summed E-state index contributed by atoms with van der Waals surface area (Å²) >= 11 is 5.97. The van der Waals surface area contributed by atoms with E-state index in [0.717, 1.165) is 0 Å². The van der Waals surface area contributed by atoms with E-state index in [2.05, 4.69) is 10.4 Å². The molecule has 1 heterocycles. The molecule has 0 unspecified atom stereocenters. The monoisotopic (exact) mass is 415 g/mol. The molecule has 0 aliphatic carbocycles. The van der Waals surface area contributed by atoms with Crippen LogP contribution in [0.15, 0.2) is 65.5 Å². The van der Waals surface area contributed by atoms with Gasteiger partial charge in [-0.05, 0) is 48.9 Å². The van der Waals surface area contributed by atoms with Gasteiger partial charge in [-0.2, -0.15) is 5.10 Å². The summed E-state index contributed by atoms with van der Waals surface area (Å²) in [6.45, 7) is 0.543. The number of nitrogens with one attached hydrogen (secondary N) is 1. The lowest BCUT2D eigenvalue weighted by Crippen LogP contribution is -2.31. The molecule has 0 fully saturated rings. The quantitative estimate of drug-likeness (QED) is 0.573. The summed E-state index contributed by atoms with van der Waals surface area (Å²) < 4.78 is 19.8. The van der Waals surface area contributed by atoms with Crippen LogP contribution in [0.3, 0.4) is 0 Å². The van der Waals surface area contributed by atoms with Gasteiger partial charge in [0, 0.05) is 24.7 Å². The first-order valence-electron chi connectivity index (χ1n) is 9.01. The Kier molecular flexibility index (Phi) is 6.97. The first kappa shape index (κ1) is 20.5. The molecule has 6 nitrogen and oxygen atoms in total. The third kappa shape index (κ3) is 5.89. The van der Waals surface area contributed by atoms with Crippen molar-refractivity contribution in [2.75, 3.05) is 13.2 Å². The highest BCUT2D eigenvalue weighted by Crippen LogP contribution is 2.22. The predicted molar refractivity (Wildman–Crippen MR) is 108 cm³/mol. The Morgan fingerprint density at radius 3 is 2.62 bits per heavy atom. The largest absolute Gasteiger partial charge is 0.482 e. The van der Waals surface area contributed by atoms with Crippen LogP contribution in [-0.2, 0) is 11.3 Å². The summed E-state index contributed by atoms with van der Waals surface area (Å²) in [4.78, 5) is 23.9. The summed E-state index contributed by atoms with van der Waals surface area (Å²) in [5, 5.41) is 7.46. The van der Waals surface area contributed by atoms with Crippen LogP contribution >= 0.6 is 11.6 Å². The number of ether oxygens (including phenoxy) is 1. The molecule has 0 bridgehead atoms. The van der Waals surface area contributed by atoms with E-state index in [9.17, 15) is 14.0 Å². The lowest BCUT2D eigenvalue weighted by molar-refractivity contribution is -0.123. The van der Waals surface area contributed by atoms with E-state index in [1.165, 1.54) is 22.9 Å². The fourth-order valence-corrected chi connectivity index (χ4v) is 2.79. The zero-order valence-electron chi connectivity index (χ0n) is 15.5. The van der Waals surface area contributed by atoms with Gasteiger partial charge in [-0.3, -0.25) is 9.59 Å². The number of halogens is 2. The molecule has 0 aliphatic rings. The minimum Gasteiger partial charge on any atom is -0.482 e. The maximum Gasteiger partial charge on any atom is 0.266 e. The second-order valence-electron chi connectivity index (χ2n) is 6.21.